The average Bonchev–Trinajstić information content (AvgIpc) is 2.65. The van der Waals surface area contributed by atoms with Crippen LogP contribution in [0.2, 0.25) is 0 Å². The number of rotatable bonds is 3. The number of ether oxygens (including phenoxy) is 2. The van der Waals surface area contributed by atoms with E-state index in [1.165, 1.54) is 6.08 Å². The van der Waals surface area contributed by atoms with E-state index in [0.29, 0.717) is 12.4 Å². The molecule has 0 aliphatic carbocycles. The summed E-state index contributed by atoms with van der Waals surface area (Å²) >= 11 is 0. The van der Waals surface area contributed by atoms with Gasteiger partial charge in [0.25, 0.3) is 0 Å². The molecule has 3 heteroatoms. The van der Waals surface area contributed by atoms with Crippen molar-refractivity contribution in [3.63, 3.8) is 0 Å². The van der Waals surface area contributed by atoms with Crippen LogP contribution in [0.1, 0.15) is 25.0 Å². The largest absolute Gasteiger partial charge is 0.478 e. The minimum Gasteiger partial charge on any atom is -0.478 e. The molecule has 0 radical (unpaired) electrons. The Morgan fingerprint density at radius 3 is 2.89 bits per heavy atom. The van der Waals surface area contributed by atoms with E-state index in [1.54, 1.807) is 13.0 Å². The SMILES string of the molecule is C=CC1(C)O/C(=C/C(=O)OCC)c2ccccc21. The summed E-state index contributed by atoms with van der Waals surface area (Å²) in [6.07, 6.45) is 3.12. The fraction of sp³-hybridized carbons (Fsp3) is 0.267. The van der Waals surface area contributed by atoms with E-state index < -0.39 is 11.6 Å². The smallest absolute Gasteiger partial charge is 0.334 e. The lowest BCUT2D eigenvalue weighted by Gasteiger charge is -2.20. The Kier molecular flexibility index (Phi) is 3.24. The van der Waals surface area contributed by atoms with Gasteiger partial charge in [0, 0.05) is 11.1 Å². The minimum absolute atomic E-state index is 0.350. The van der Waals surface area contributed by atoms with Crippen molar-refractivity contribution in [3.8, 4) is 0 Å². The second-order valence-corrected chi connectivity index (χ2v) is 4.22. The molecule has 1 aliphatic heterocycles. The van der Waals surface area contributed by atoms with Crippen molar-refractivity contribution in [1.29, 1.82) is 0 Å². The van der Waals surface area contributed by atoms with Gasteiger partial charge >= 0.3 is 5.97 Å². The van der Waals surface area contributed by atoms with E-state index in [0.717, 1.165) is 11.1 Å². The molecule has 1 heterocycles. The number of carbonyl (C=O) groups excluding carboxylic acids is 1. The Balaban J connectivity index is 2.43. The van der Waals surface area contributed by atoms with Crippen LogP contribution in [0, 0.1) is 0 Å². The normalized spacial score (nSPS) is 23.3. The van der Waals surface area contributed by atoms with Gasteiger partial charge in [-0.3, -0.25) is 0 Å². The van der Waals surface area contributed by atoms with Crippen LogP contribution in [0.4, 0.5) is 0 Å². The Morgan fingerprint density at radius 2 is 2.22 bits per heavy atom. The zero-order valence-electron chi connectivity index (χ0n) is 10.6. The number of benzene rings is 1. The third-order valence-electron chi connectivity index (χ3n) is 2.97. The number of carbonyl (C=O) groups is 1. The van der Waals surface area contributed by atoms with Crippen LogP contribution >= 0.6 is 0 Å². The van der Waals surface area contributed by atoms with Crippen LogP contribution in [0.15, 0.2) is 43.0 Å². The zero-order chi connectivity index (χ0) is 13.2. The van der Waals surface area contributed by atoms with Crippen LogP contribution in [-0.2, 0) is 19.9 Å². The van der Waals surface area contributed by atoms with Gasteiger partial charge in [-0.25, -0.2) is 4.79 Å². The number of hydrogen-bond donors (Lipinski definition) is 0. The second kappa shape index (κ2) is 4.69. The highest BCUT2D eigenvalue weighted by Crippen LogP contribution is 2.43. The van der Waals surface area contributed by atoms with E-state index in [9.17, 15) is 4.79 Å². The van der Waals surface area contributed by atoms with Crippen LogP contribution < -0.4 is 0 Å². The molecule has 3 nitrogen and oxygen atoms in total. The molecular formula is C15H16O3. The van der Waals surface area contributed by atoms with Gasteiger partial charge in [-0.2, -0.15) is 0 Å². The summed E-state index contributed by atoms with van der Waals surface area (Å²) < 4.78 is 10.7. The van der Waals surface area contributed by atoms with Crippen molar-refractivity contribution >= 4 is 11.7 Å². The first-order valence-electron chi connectivity index (χ1n) is 5.91. The average molecular weight is 244 g/mol. The summed E-state index contributed by atoms with van der Waals surface area (Å²) in [4.78, 5) is 11.5. The Hall–Kier alpha value is -2.03. The lowest BCUT2D eigenvalue weighted by Crippen LogP contribution is -2.16. The monoisotopic (exact) mass is 244 g/mol. The molecule has 0 N–H and O–H groups in total. The number of hydrogen-bond acceptors (Lipinski definition) is 3. The molecule has 1 aromatic rings. The van der Waals surface area contributed by atoms with Crippen LogP contribution in [0.5, 0.6) is 0 Å². The molecule has 0 bridgehead atoms. The van der Waals surface area contributed by atoms with Crippen LogP contribution in [0.25, 0.3) is 5.76 Å². The lowest BCUT2D eigenvalue weighted by atomic mass is 9.94. The maximum absolute atomic E-state index is 11.5. The van der Waals surface area contributed by atoms with E-state index >= 15 is 0 Å². The highest BCUT2D eigenvalue weighted by Gasteiger charge is 2.36. The van der Waals surface area contributed by atoms with E-state index in [4.69, 9.17) is 9.47 Å². The van der Waals surface area contributed by atoms with E-state index in [1.807, 2.05) is 31.2 Å². The highest BCUT2D eigenvalue weighted by atomic mass is 16.5. The predicted molar refractivity (Wildman–Crippen MR) is 69.7 cm³/mol. The maximum atomic E-state index is 11.5. The van der Waals surface area contributed by atoms with Gasteiger partial charge in [0.1, 0.15) is 11.4 Å². The quantitative estimate of drug-likeness (QED) is 0.466. The van der Waals surface area contributed by atoms with E-state index in [-0.39, 0.29) is 0 Å². The highest BCUT2D eigenvalue weighted by molar-refractivity contribution is 5.91. The first-order valence-corrected chi connectivity index (χ1v) is 5.91. The van der Waals surface area contributed by atoms with Crippen molar-refractivity contribution in [2.45, 2.75) is 19.4 Å². The lowest BCUT2D eigenvalue weighted by molar-refractivity contribution is -0.137. The van der Waals surface area contributed by atoms with E-state index in [2.05, 4.69) is 6.58 Å². The van der Waals surface area contributed by atoms with Crippen molar-refractivity contribution in [2.75, 3.05) is 6.61 Å². The Labute approximate surface area is 107 Å². The molecular weight excluding hydrogens is 228 g/mol. The van der Waals surface area contributed by atoms with Gasteiger partial charge in [-0.1, -0.05) is 30.8 Å². The fourth-order valence-corrected chi connectivity index (χ4v) is 2.02. The zero-order valence-corrected chi connectivity index (χ0v) is 10.6. The van der Waals surface area contributed by atoms with Crippen LogP contribution in [-0.4, -0.2) is 12.6 Å². The molecule has 0 saturated carbocycles. The van der Waals surface area contributed by atoms with Gasteiger partial charge in [0.2, 0.25) is 0 Å². The first kappa shape index (κ1) is 12.4. The molecule has 0 saturated heterocycles. The number of fused-ring (bicyclic) bond motifs is 1. The third-order valence-corrected chi connectivity index (χ3v) is 2.97. The second-order valence-electron chi connectivity index (χ2n) is 4.22. The molecule has 1 aromatic carbocycles. The van der Waals surface area contributed by atoms with Crippen molar-refractivity contribution in [2.24, 2.45) is 0 Å². The molecule has 0 amide bonds. The number of esters is 1. The molecule has 0 aromatic heterocycles. The Morgan fingerprint density at radius 1 is 1.50 bits per heavy atom. The maximum Gasteiger partial charge on any atom is 0.334 e. The van der Waals surface area contributed by atoms with Gasteiger partial charge in [0.15, 0.2) is 0 Å². The molecule has 2 rings (SSSR count). The summed E-state index contributed by atoms with van der Waals surface area (Å²) in [6.45, 7) is 7.84. The topological polar surface area (TPSA) is 35.5 Å². The molecule has 1 unspecified atom stereocenters. The third kappa shape index (κ3) is 2.04. The van der Waals surface area contributed by atoms with Gasteiger partial charge in [-0.05, 0) is 19.9 Å². The molecule has 1 aliphatic rings. The summed E-state index contributed by atoms with van der Waals surface area (Å²) in [6, 6.07) is 7.76. The summed E-state index contributed by atoms with van der Waals surface area (Å²) in [5.41, 5.74) is 1.33. The van der Waals surface area contributed by atoms with Crippen molar-refractivity contribution < 1.29 is 14.3 Å². The molecule has 0 fully saturated rings. The molecule has 0 spiro atoms. The van der Waals surface area contributed by atoms with Crippen molar-refractivity contribution in [3.05, 3.63) is 54.1 Å². The standard InChI is InChI=1S/C15H16O3/c1-4-15(3)12-9-7-6-8-11(12)13(18-15)10-14(16)17-5-2/h4,6-10H,1,5H2,2-3H3/b13-10+. The van der Waals surface area contributed by atoms with Crippen LogP contribution in [0.3, 0.4) is 0 Å². The minimum atomic E-state index is -0.588. The summed E-state index contributed by atoms with van der Waals surface area (Å²) in [7, 11) is 0. The fourth-order valence-electron chi connectivity index (χ4n) is 2.02. The van der Waals surface area contributed by atoms with Gasteiger partial charge < -0.3 is 9.47 Å². The predicted octanol–water partition coefficient (Wildman–Crippen LogP) is 3.02. The molecule has 18 heavy (non-hydrogen) atoms. The first-order chi connectivity index (χ1) is 8.60. The summed E-state index contributed by atoms with van der Waals surface area (Å²) in [5.74, 6) is 0.141. The van der Waals surface area contributed by atoms with Gasteiger partial charge in [0.05, 0.1) is 12.7 Å². The van der Waals surface area contributed by atoms with Gasteiger partial charge in [-0.15, -0.1) is 0 Å². The van der Waals surface area contributed by atoms with Crippen molar-refractivity contribution in [1.82, 2.24) is 0 Å². The Bertz CT molecular complexity index is 516. The molecule has 94 valence electrons. The molecule has 1 atom stereocenters. The summed E-state index contributed by atoms with van der Waals surface area (Å²) in [5, 5.41) is 0.